The van der Waals surface area contributed by atoms with Crippen LogP contribution >= 0.6 is 27.5 Å². The van der Waals surface area contributed by atoms with E-state index in [2.05, 4.69) is 26.3 Å². The number of hydrogen-bond acceptors (Lipinski definition) is 4. The van der Waals surface area contributed by atoms with Crippen molar-refractivity contribution < 1.29 is 5.11 Å². The van der Waals surface area contributed by atoms with E-state index in [1.165, 1.54) is 6.20 Å². The zero-order valence-corrected chi connectivity index (χ0v) is 12.9. The highest BCUT2D eigenvalue weighted by Gasteiger charge is 2.08. The van der Waals surface area contributed by atoms with E-state index in [1.807, 2.05) is 24.3 Å². The van der Waals surface area contributed by atoms with Crippen molar-refractivity contribution in [1.29, 1.82) is 0 Å². The van der Waals surface area contributed by atoms with Crippen LogP contribution in [-0.4, -0.2) is 21.5 Å². The summed E-state index contributed by atoms with van der Waals surface area (Å²) in [5.74, 6) is 0. The van der Waals surface area contributed by atoms with E-state index in [9.17, 15) is 4.79 Å². The Labute approximate surface area is 129 Å². The van der Waals surface area contributed by atoms with Crippen LogP contribution in [0.5, 0.6) is 0 Å². The quantitative estimate of drug-likeness (QED) is 0.860. The second-order valence-electron chi connectivity index (χ2n) is 4.10. The third-order valence-corrected chi connectivity index (χ3v) is 3.59. The van der Waals surface area contributed by atoms with E-state index in [1.54, 1.807) is 0 Å². The van der Waals surface area contributed by atoms with Gasteiger partial charge in [-0.3, -0.25) is 4.79 Å². The summed E-state index contributed by atoms with van der Waals surface area (Å²) in [4.78, 5) is 11.8. The van der Waals surface area contributed by atoms with E-state index < -0.39 is 5.56 Å². The molecule has 1 heterocycles. The maximum Gasteiger partial charge on any atom is 0.287 e. The lowest BCUT2D eigenvalue weighted by Gasteiger charge is -2.09. The zero-order valence-electron chi connectivity index (χ0n) is 10.5. The van der Waals surface area contributed by atoms with Crippen molar-refractivity contribution in [2.75, 3.05) is 11.9 Å². The maximum atomic E-state index is 11.8. The smallest absolute Gasteiger partial charge is 0.287 e. The Morgan fingerprint density at radius 2 is 2.05 bits per heavy atom. The lowest BCUT2D eigenvalue weighted by atomic mass is 10.2. The number of anilines is 1. The van der Waals surface area contributed by atoms with Crippen LogP contribution in [0.2, 0.25) is 5.02 Å². The summed E-state index contributed by atoms with van der Waals surface area (Å²) < 4.78 is 2.14. The molecule has 0 amide bonds. The molecule has 1 aromatic carbocycles. The molecule has 106 valence electrons. The average molecular weight is 359 g/mol. The third-order valence-electron chi connectivity index (χ3n) is 2.69. The molecule has 20 heavy (non-hydrogen) atoms. The predicted molar refractivity (Wildman–Crippen MR) is 82.1 cm³/mol. The summed E-state index contributed by atoms with van der Waals surface area (Å²) in [5, 5.41) is 15.9. The van der Waals surface area contributed by atoms with Gasteiger partial charge in [0.1, 0.15) is 5.02 Å². The Morgan fingerprint density at radius 1 is 1.35 bits per heavy atom. The van der Waals surface area contributed by atoms with Gasteiger partial charge in [0.15, 0.2) is 0 Å². The van der Waals surface area contributed by atoms with Crippen molar-refractivity contribution in [1.82, 2.24) is 9.78 Å². The maximum absolute atomic E-state index is 11.8. The zero-order chi connectivity index (χ0) is 14.5. The van der Waals surface area contributed by atoms with Gasteiger partial charge in [0, 0.05) is 11.0 Å². The summed E-state index contributed by atoms with van der Waals surface area (Å²) in [7, 11) is 0. The van der Waals surface area contributed by atoms with Gasteiger partial charge in [-0.25, -0.2) is 4.68 Å². The number of rotatable bonds is 5. The number of aliphatic hydroxyl groups is 1. The fourth-order valence-electron chi connectivity index (χ4n) is 1.64. The highest BCUT2D eigenvalue weighted by molar-refractivity contribution is 9.10. The molecule has 0 aliphatic heterocycles. The number of aliphatic hydroxyl groups excluding tert-OH is 1. The molecule has 2 rings (SSSR count). The molecule has 0 radical (unpaired) electrons. The number of hydrogen-bond donors (Lipinski definition) is 2. The minimum atomic E-state index is -0.415. The van der Waals surface area contributed by atoms with Crippen molar-refractivity contribution in [2.45, 2.75) is 13.1 Å². The monoisotopic (exact) mass is 357 g/mol. The third kappa shape index (κ3) is 3.59. The minimum absolute atomic E-state index is 0.0746. The molecule has 0 unspecified atom stereocenters. The molecule has 0 saturated carbocycles. The molecule has 2 aromatic rings. The summed E-state index contributed by atoms with van der Waals surface area (Å²) in [6.07, 6.45) is 1.48. The van der Waals surface area contributed by atoms with Crippen LogP contribution in [0.1, 0.15) is 5.56 Å². The summed E-state index contributed by atoms with van der Waals surface area (Å²) in [6.45, 7) is 0.512. The molecule has 0 spiro atoms. The van der Waals surface area contributed by atoms with Crippen LogP contribution in [0.15, 0.2) is 39.7 Å². The van der Waals surface area contributed by atoms with Crippen molar-refractivity contribution >= 4 is 33.2 Å². The summed E-state index contributed by atoms with van der Waals surface area (Å²) in [5.41, 5.74) is 1.12. The van der Waals surface area contributed by atoms with Crippen LogP contribution in [0, 0.1) is 0 Å². The highest BCUT2D eigenvalue weighted by Crippen LogP contribution is 2.17. The first-order valence-electron chi connectivity index (χ1n) is 5.96. The normalized spacial score (nSPS) is 10.6. The molecular formula is C13H13BrClN3O2. The lowest BCUT2D eigenvalue weighted by Crippen LogP contribution is -2.25. The van der Waals surface area contributed by atoms with Crippen molar-refractivity contribution in [2.24, 2.45) is 0 Å². The Kier molecular flexibility index (Phi) is 5.17. The molecular weight excluding hydrogens is 346 g/mol. The first-order chi connectivity index (χ1) is 9.61. The van der Waals surface area contributed by atoms with Gasteiger partial charge in [0.25, 0.3) is 5.56 Å². The number of nitrogens with one attached hydrogen (secondary N) is 1. The summed E-state index contributed by atoms with van der Waals surface area (Å²) >= 11 is 9.37. The standard InChI is InChI=1S/C13H13BrClN3O2/c14-10-3-1-9(2-4-10)7-16-11-8-17-18(5-6-19)13(20)12(11)15/h1-4,8,16,19H,5-7H2. The minimum Gasteiger partial charge on any atom is -0.394 e. The lowest BCUT2D eigenvalue weighted by molar-refractivity contribution is 0.266. The molecule has 0 bridgehead atoms. The SMILES string of the molecule is O=c1c(Cl)c(NCc2ccc(Br)cc2)cnn1CCO. The van der Waals surface area contributed by atoms with Gasteiger partial charge in [-0.2, -0.15) is 5.10 Å². The molecule has 0 aliphatic rings. The molecule has 0 fully saturated rings. The van der Waals surface area contributed by atoms with Crippen LogP contribution in [0.25, 0.3) is 0 Å². The van der Waals surface area contributed by atoms with Gasteiger partial charge >= 0.3 is 0 Å². The van der Waals surface area contributed by atoms with Gasteiger partial charge in [-0.05, 0) is 17.7 Å². The second-order valence-corrected chi connectivity index (χ2v) is 5.40. The molecule has 0 saturated heterocycles. The van der Waals surface area contributed by atoms with Gasteiger partial charge < -0.3 is 10.4 Å². The molecule has 7 heteroatoms. The Bertz CT molecular complexity index is 643. The van der Waals surface area contributed by atoms with Crippen LogP contribution in [-0.2, 0) is 13.1 Å². The number of benzene rings is 1. The van der Waals surface area contributed by atoms with Gasteiger partial charge in [0.2, 0.25) is 0 Å². The molecule has 0 atom stereocenters. The van der Waals surface area contributed by atoms with Crippen molar-refractivity contribution in [3.63, 3.8) is 0 Å². The Morgan fingerprint density at radius 3 is 2.70 bits per heavy atom. The number of aromatic nitrogens is 2. The Balaban J connectivity index is 2.12. The van der Waals surface area contributed by atoms with E-state index in [4.69, 9.17) is 16.7 Å². The van der Waals surface area contributed by atoms with E-state index >= 15 is 0 Å². The number of halogens is 2. The van der Waals surface area contributed by atoms with Crippen LogP contribution in [0.3, 0.4) is 0 Å². The first-order valence-corrected chi connectivity index (χ1v) is 7.13. The molecule has 5 nitrogen and oxygen atoms in total. The average Bonchev–Trinajstić information content (AvgIpc) is 2.45. The van der Waals surface area contributed by atoms with Crippen molar-refractivity contribution in [3.05, 3.63) is 55.9 Å². The van der Waals surface area contributed by atoms with E-state index in [0.717, 1.165) is 14.7 Å². The summed E-state index contributed by atoms with van der Waals surface area (Å²) in [6, 6.07) is 7.81. The topological polar surface area (TPSA) is 67.2 Å². The largest absolute Gasteiger partial charge is 0.394 e. The molecule has 0 aliphatic carbocycles. The second kappa shape index (κ2) is 6.88. The van der Waals surface area contributed by atoms with Gasteiger partial charge in [-0.1, -0.05) is 39.7 Å². The van der Waals surface area contributed by atoms with E-state index in [0.29, 0.717) is 12.2 Å². The molecule has 1 aromatic heterocycles. The van der Waals surface area contributed by atoms with Gasteiger partial charge in [-0.15, -0.1) is 0 Å². The number of nitrogens with zero attached hydrogens (tertiary/aromatic N) is 2. The molecule has 2 N–H and O–H groups in total. The fourth-order valence-corrected chi connectivity index (χ4v) is 2.12. The van der Waals surface area contributed by atoms with Crippen LogP contribution < -0.4 is 10.9 Å². The predicted octanol–water partition coefficient (Wildman–Crippen LogP) is 2.26. The van der Waals surface area contributed by atoms with E-state index in [-0.39, 0.29) is 18.2 Å². The van der Waals surface area contributed by atoms with Crippen LogP contribution in [0.4, 0.5) is 5.69 Å². The highest BCUT2D eigenvalue weighted by atomic mass is 79.9. The fraction of sp³-hybridized carbons (Fsp3) is 0.231. The van der Waals surface area contributed by atoms with Crippen molar-refractivity contribution in [3.8, 4) is 0 Å². The van der Waals surface area contributed by atoms with Gasteiger partial charge in [0.05, 0.1) is 25.0 Å². The Hall–Kier alpha value is -1.37. The first kappa shape index (κ1) is 15.0.